The topological polar surface area (TPSA) is 107 Å². The molecule has 1 atom stereocenters. The fraction of sp³-hybridized carbons (Fsp3) is 0.583. The molecule has 1 aromatic heterocycles. The van der Waals surface area contributed by atoms with Crippen molar-refractivity contribution in [3.8, 4) is 0 Å². The lowest BCUT2D eigenvalue weighted by Crippen LogP contribution is -3.00. The van der Waals surface area contributed by atoms with Crippen LogP contribution in [0.25, 0.3) is 0 Å². The zero-order valence-electron chi connectivity index (χ0n) is 12.1. The first-order valence-corrected chi connectivity index (χ1v) is 6.88. The normalized spacial score (nSPS) is 19.9. The Morgan fingerprint density at radius 3 is 2.62 bits per heavy atom. The van der Waals surface area contributed by atoms with Crippen LogP contribution in [0.3, 0.4) is 0 Å². The highest BCUT2D eigenvalue weighted by Crippen LogP contribution is 2.22. The lowest BCUT2D eigenvalue weighted by Gasteiger charge is -2.31. The van der Waals surface area contributed by atoms with Gasteiger partial charge in [-0.3, -0.25) is 4.79 Å². The highest BCUT2D eigenvalue weighted by Gasteiger charge is 2.34. The van der Waals surface area contributed by atoms with Gasteiger partial charge in [-0.2, -0.15) is 0 Å². The van der Waals surface area contributed by atoms with Crippen molar-refractivity contribution in [1.29, 1.82) is 0 Å². The van der Waals surface area contributed by atoms with Gasteiger partial charge >= 0.3 is 0 Å². The predicted octanol–water partition coefficient (Wildman–Crippen LogP) is -2.73. The molecule has 5 N–H and O–H groups in total. The number of anilines is 2. The summed E-state index contributed by atoms with van der Waals surface area (Å²) in [5.74, 6) is -0.359. The largest absolute Gasteiger partial charge is 1.00 e. The third kappa shape index (κ3) is 4.07. The van der Waals surface area contributed by atoms with Crippen molar-refractivity contribution in [2.75, 3.05) is 38.7 Å². The number of halogens is 2. The molecule has 0 aromatic carbocycles. The minimum Gasteiger partial charge on any atom is -1.00 e. The van der Waals surface area contributed by atoms with Gasteiger partial charge in [0.05, 0.1) is 27.2 Å². The molecule has 1 saturated heterocycles. The number of rotatable bonds is 3. The summed E-state index contributed by atoms with van der Waals surface area (Å²) in [5.41, 5.74) is 11.2. The molecule has 1 amide bonds. The zero-order chi connectivity index (χ0) is 14.9. The van der Waals surface area contributed by atoms with Crippen molar-refractivity contribution in [2.24, 2.45) is 0 Å². The first kappa shape index (κ1) is 18.2. The molecule has 1 aliphatic rings. The van der Waals surface area contributed by atoms with Gasteiger partial charge in [0, 0.05) is 12.8 Å². The molecule has 21 heavy (non-hydrogen) atoms. The molecule has 0 bridgehead atoms. The van der Waals surface area contributed by atoms with Crippen LogP contribution in [0.15, 0.2) is 0 Å². The molecule has 0 spiro atoms. The summed E-state index contributed by atoms with van der Waals surface area (Å²) in [5, 5.41) is 2.83. The van der Waals surface area contributed by atoms with Crippen LogP contribution in [0.4, 0.5) is 11.6 Å². The van der Waals surface area contributed by atoms with Crippen molar-refractivity contribution in [2.45, 2.75) is 18.9 Å². The lowest BCUT2D eigenvalue weighted by atomic mass is 10.2. The molecule has 1 aromatic rings. The van der Waals surface area contributed by atoms with Gasteiger partial charge in [0.15, 0.2) is 22.5 Å². The number of hydrogen-bond donors (Lipinski definition) is 3. The molecule has 2 heterocycles. The van der Waals surface area contributed by atoms with E-state index in [1.54, 1.807) is 0 Å². The van der Waals surface area contributed by atoms with Crippen molar-refractivity contribution in [3.63, 3.8) is 0 Å². The number of carbonyl (C=O) groups is 1. The van der Waals surface area contributed by atoms with E-state index in [9.17, 15) is 4.79 Å². The molecule has 7 nitrogen and oxygen atoms in total. The number of quaternary nitrogens is 1. The maximum atomic E-state index is 12.1. The van der Waals surface area contributed by atoms with Crippen LogP contribution >= 0.6 is 11.6 Å². The molecule has 2 rings (SSSR count). The van der Waals surface area contributed by atoms with E-state index >= 15 is 0 Å². The minimum atomic E-state index is -0.371. The fourth-order valence-electron chi connectivity index (χ4n) is 2.52. The quantitative estimate of drug-likeness (QED) is 0.359. The van der Waals surface area contributed by atoms with E-state index in [2.05, 4.69) is 29.4 Å². The summed E-state index contributed by atoms with van der Waals surface area (Å²) in [6.45, 7) is 1.70. The summed E-state index contributed by atoms with van der Waals surface area (Å²) >= 11 is 5.77. The summed E-state index contributed by atoms with van der Waals surface area (Å²) in [6, 6.07) is 0.400. The number of hydrogen-bond acceptors (Lipinski definition) is 5. The second kappa shape index (κ2) is 6.93. The molecular formula is C12H20ClIN6O. The van der Waals surface area contributed by atoms with Gasteiger partial charge in [-0.05, 0) is 0 Å². The molecule has 0 aliphatic carbocycles. The van der Waals surface area contributed by atoms with E-state index in [0.717, 1.165) is 17.4 Å². The van der Waals surface area contributed by atoms with Gasteiger partial charge in [-0.15, -0.1) is 0 Å². The average molecular weight is 427 g/mol. The summed E-state index contributed by atoms with van der Waals surface area (Å²) in [7, 11) is 4.33. The van der Waals surface area contributed by atoms with Crippen molar-refractivity contribution in [1.82, 2.24) is 15.3 Å². The third-order valence-corrected chi connectivity index (χ3v) is 4.16. The Kier molecular flexibility index (Phi) is 6.00. The number of amides is 1. The highest BCUT2D eigenvalue weighted by atomic mass is 127. The number of nitrogens with one attached hydrogen (secondary N) is 1. The molecule has 118 valence electrons. The number of nitrogens with zero attached hydrogens (tertiary/aromatic N) is 3. The molecule has 0 saturated carbocycles. The Labute approximate surface area is 146 Å². The Morgan fingerprint density at radius 1 is 1.38 bits per heavy atom. The monoisotopic (exact) mass is 426 g/mol. The smallest absolute Gasteiger partial charge is 0.274 e. The van der Waals surface area contributed by atoms with Gasteiger partial charge in [0.2, 0.25) is 0 Å². The van der Waals surface area contributed by atoms with Crippen molar-refractivity contribution < 1.29 is 33.3 Å². The van der Waals surface area contributed by atoms with E-state index in [1.807, 2.05) is 0 Å². The van der Waals surface area contributed by atoms with Crippen LogP contribution in [0.1, 0.15) is 23.3 Å². The van der Waals surface area contributed by atoms with Gasteiger partial charge in [-0.25, -0.2) is 9.97 Å². The SMILES string of the molecule is C[N+]1(C)CCC[C@@H]1CNC(=O)c1nc(Cl)c(N)nc1N.[I-]. The Hall–Kier alpha value is -0.870. The van der Waals surface area contributed by atoms with E-state index in [-0.39, 0.29) is 52.4 Å². The maximum absolute atomic E-state index is 12.1. The van der Waals surface area contributed by atoms with Crippen LogP contribution in [0.2, 0.25) is 5.15 Å². The summed E-state index contributed by atoms with van der Waals surface area (Å²) < 4.78 is 0.907. The highest BCUT2D eigenvalue weighted by molar-refractivity contribution is 6.31. The number of likely N-dealkylation sites (N-methyl/N-ethyl adjacent to an activating group) is 1. The number of aromatic nitrogens is 2. The zero-order valence-corrected chi connectivity index (χ0v) is 15.0. The predicted molar refractivity (Wildman–Crippen MR) is 78.2 cm³/mol. The second-order valence-electron chi connectivity index (χ2n) is 5.64. The van der Waals surface area contributed by atoms with Crippen LogP contribution in [-0.2, 0) is 0 Å². The van der Waals surface area contributed by atoms with E-state index in [1.165, 1.54) is 6.42 Å². The van der Waals surface area contributed by atoms with Gasteiger partial charge < -0.3 is 45.2 Å². The molecule has 1 aliphatic heterocycles. The van der Waals surface area contributed by atoms with Gasteiger partial charge in [0.1, 0.15) is 6.04 Å². The standard InChI is InChI=1S/C12H19ClN6O.HI/c1-19(2)5-3-4-7(19)6-16-12(20)8-10(14)18-11(15)9(13)17-8;/h7H,3-6H2,1-2H3,(H4-,14,15,16,18,20);1H/t7-;/m1./s1. The summed E-state index contributed by atoms with van der Waals surface area (Å²) in [4.78, 5) is 19.8. The van der Waals surface area contributed by atoms with Gasteiger partial charge in [-0.1, -0.05) is 11.6 Å². The van der Waals surface area contributed by atoms with Crippen molar-refractivity contribution in [3.05, 3.63) is 10.8 Å². The van der Waals surface area contributed by atoms with Crippen LogP contribution in [-0.4, -0.2) is 53.6 Å². The Morgan fingerprint density at radius 2 is 2.05 bits per heavy atom. The maximum Gasteiger partial charge on any atom is 0.274 e. The Balaban J connectivity index is 0.00000220. The van der Waals surface area contributed by atoms with Gasteiger partial charge in [0.25, 0.3) is 5.91 Å². The van der Waals surface area contributed by atoms with Crippen LogP contribution < -0.4 is 40.8 Å². The number of likely N-dealkylation sites (tertiary alicyclic amines) is 1. The van der Waals surface area contributed by atoms with Crippen molar-refractivity contribution >= 4 is 29.1 Å². The molecular weight excluding hydrogens is 407 g/mol. The molecule has 0 unspecified atom stereocenters. The van der Waals surface area contributed by atoms with Crippen LogP contribution in [0.5, 0.6) is 0 Å². The Bertz CT molecular complexity index is 539. The molecule has 9 heteroatoms. The van der Waals surface area contributed by atoms with E-state index in [4.69, 9.17) is 23.1 Å². The number of nitrogen functional groups attached to an aromatic ring is 2. The molecule has 0 radical (unpaired) electrons. The molecule has 1 fully saturated rings. The first-order chi connectivity index (χ1) is 9.31. The number of carbonyl (C=O) groups excluding carboxylic acids is 1. The minimum absolute atomic E-state index is 0. The lowest BCUT2D eigenvalue weighted by molar-refractivity contribution is -0.900. The third-order valence-electron chi connectivity index (χ3n) is 3.88. The fourth-order valence-corrected chi connectivity index (χ4v) is 2.65. The van der Waals surface area contributed by atoms with E-state index in [0.29, 0.717) is 12.6 Å². The second-order valence-corrected chi connectivity index (χ2v) is 6.00. The average Bonchev–Trinajstić information content (AvgIpc) is 2.70. The van der Waals surface area contributed by atoms with Crippen LogP contribution in [0, 0.1) is 0 Å². The van der Waals surface area contributed by atoms with E-state index < -0.39 is 0 Å². The first-order valence-electron chi connectivity index (χ1n) is 6.50. The summed E-state index contributed by atoms with van der Waals surface area (Å²) in [6.07, 6.45) is 2.26. The number of nitrogens with two attached hydrogens (primary N) is 2.